The third-order valence-electron chi connectivity index (χ3n) is 3.59. The van der Waals surface area contributed by atoms with Gasteiger partial charge in [0.1, 0.15) is 12.3 Å². The first kappa shape index (κ1) is 22.0. The number of likely N-dealkylation sites (N-methyl/N-ethyl adjacent to an activating group) is 1. The Morgan fingerprint density at radius 3 is 2.69 bits per heavy atom. The number of halogens is 1. The second kappa shape index (κ2) is 11.6. The van der Waals surface area contributed by atoms with E-state index >= 15 is 0 Å². The molecule has 0 unspecified atom stereocenters. The summed E-state index contributed by atoms with van der Waals surface area (Å²) in [4.78, 5) is 17.6. The monoisotopic (exact) mass is 424 g/mol. The summed E-state index contributed by atoms with van der Waals surface area (Å²) in [5, 5.41) is 6.45. The van der Waals surface area contributed by atoms with E-state index in [9.17, 15) is 4.79 Å². The van der Waals surface area contributed by atoms with Crippen LogP contribution in [0.3, 0.4) is 0 Å². The van der Waals surface area contributed by atoms with Crippen molar-refractivity contribution in [3.05, 3.63) is 40.4 Å². The van der Waals surface area contributed by atoms with Crippen LogP contribution >= 0.6 is 15.9 Å². The van der Waals surface area contributed by atoms with Gasteiger partial charge < -0.3 is 20.3 Å². The molecule has 1 aromatic rings. The lowest BCUT2D eigenvalue weighted by Gasteiger charge is -2.14. The summed E-state index contributed by atoms with van der Waals surface area (Å²) in [6, 6.07) is 6.04. The van der Waals surface area contributed by atoms with E-state index in [0.29, 0.717) is 12.5 Å². The van der Waals surface area contributed by atoms with Gasteiger partial charge in [0.25, 0.3) is 0 Å². The zero-order valence-corrected chi connectivity index (χ0v) is 17.6. The van der Waals surface area contributed by atoms with Crippen LogP contribution in [0.2, 0.25) is 0 Å². The van der Waals surface area contributed by atoms with Crippen LogP contribution in [-0.4, -0.2) is 57.6 Å². The van der Waals surface area contributed by atoms with E-state index in [4.69, 9.17) is 4.74 Å². The van der Waals surface area contributed by atoms with Gasteiger partial charge in [0.2, 0.25) is 5.91 Å². The van der Waals surface area contributed by atoms with Gasteiger partial charge in [0.05, 0.1) is 7.11 Å². The van der Waals surface area contributed by atoms with E-state index in [1.165, 1.54) is 4.90 Å². The van der Waals surface area contributed by atoms with Crippen molar-refractivity contribution in [2.45, 2.75) is 19.8 Å². The number of ether oxygens (including phenoxy) is 1. The third-order valence-corrected chi connectivity index (χ3v) is 4.09. The van der Waals surface area contributed by atoms with Crippen LogP contribution in [0.15, 0.2) is 39.8 Å². The third kappa shape index (κ3) is 8.38. The van der Waals surface area contributed by atoms with Crippen molar-refractivity contribution < 1.29 is 9.53 Å². The highest BCUT2D eigenvalue weighted by Gasteiger charge is 2.06. The highest BCUT2D eigenvalue weighted by Crippen LogP contribution is 2.24. The first-order chi connectivity index (χ1) is 12.3. The summed E-state index contributed by atoms with van der Waals surface area (Å²) >= 11 is 3.45. The maximum absolute atomic E-state index is 11.7. The average Bonchev–Trinajstić information content (AvgIpc) is 2.60. The Labute approximate surface area is 164 Å². The molecule has 0 spiro atoms. The smallest absolute Gasteiger partial charge is 0.243 e. The van der Waals surface area contributed by atoms with Gasteiger partial charge in [-0.3, -0.25) is 4.79 Å². The topological polar surface area (TPSA) is 66.0 Å². The highest BCUT2D eigenvalue weighted by atomic mass is 79.9. The summed E-state index contributed by atoms with van der Waals surface area (Å²) in [6.07, 6.45) is 1.79. The Morgan fingerprint density at radius 1 is 1.35 bits per heavy atom. The van der Waals surface area contributed by atoms with Crippen LogP contribution in [0.4, 0.5) is 0 Å². The van der Waals surface area contributed by atoms with Crippen LogP contribution in [0.5, 0.6) is 5.75 Å². The molecular formula is C19H29BrN4O2. The van der Waals surface area contributed by atoms with E-state index < -0.39 is 0 Å². The fourth-order valence-electron chi connectivity index (χ4n) is 2.11. The van der Waals surface area contributed by atoms with Crippen molar-refractivity contribution in [3.63, 3.8) is 0 Å². The number of benzene rings is 1. The predicted molar refractivity (Wildman–Crippen MR) is 111 cm³/mol. The average molecular weight is 425 g/mol. The minimum atomic E-state index is -0.0407. The molecule has 1 aromatic carbocycles. The number of amides is 1. The highest BCUT2D eigenvalue weighted by molar-refractivity contribution is 9.10. The number of carbonyl (C=O) groups excluding carboxylic acids is 1. The van der Waals surface area contributed by atoms with Crippen molar-refractivity contribution in [2.24, 2.45) is 4.99 Å². The molecule has 0 bridgehead atoms. The molecule has 0 fully saturated rings. The number of hydrogen-bond donors (Lipinski definition) is 2. The molecule has 0 saturated heterocycles. The van der Waals surface area contributed by atoms with Crippen LogP contribution in [0.25, 0.3) is 0 Å². The number of rotatable bonds is 9. The maximum Gasteiger partial charge on any atom is 0.243 e. The molecule has 6 nitrogen and oxygen atoms in total. The Bertz CT molecular complexity index is 644. The van der Waals surface area contributed by atoms with E-state index in [1.807, 2.05) is 19.1 Å². The van der Waals surface area contributed by atoms with Gasteiger partial charge in [-0.05, 0) is 37.5 Å². The van der Waals surface area contributed by atoms with E-state index in [1.54, 1.807) is 21.2 Å². The van der Waals surface area contributed by atoms with Crippen molar-refractivity contribution in [2.75, 3.05) is 40.8 Å². The van der Waals surface area contributed by atoms with Crippen molar-refractivity contribution in [3.8, 4) is 5.75 Å². The standard InChI is InChI=1S/C19H29BrN4O2/c1-14(2)12-22-19(23-13-18(25)24(3)4)21-10-6-7-15-8-9-16(20)11-17(15)26-5/h8-9,11H,1,6-7,10,12-13H2,2-5H3,(H2,21,22,23). The van der Waals surface area contributed by atoms with Gasteiger partial charge >= 0.3 is 0 Å². The van der Waals surface area contributed by atoms with Gasteiger partial charge in [-0.2, -0.15) is 0 Å². The van der Waals surface area contributed by atoms with Gasteiger partial charge in [0.15, 0.2) is 5.96 Å². The molecule has 0 atom stereocenters. The number of methoxy groups -OCH3 is 1. The lowest BCUT2D eigenvalue weighted by molar-refractivity contribution is -0.127. The molecule has 0 aliphatic heterocycles. The van der Waals surface area contributed by atoms with E-state index in [2.05, 4.69) is 44.2 Å². The summed E-state index contributed by atoms with van der Waals surface area (Å²) in [5.74, 6) is 1.46. The number of nitrogens with zero attached hydrogens (tertiary/aromatic N) is 2. The predicted octanol–water partition coefficient (Wildman–Crippen LogP) is 2.59. The minimum Gasteiger partial charge on any atom is -0.496 e. The van der Waals surface area contributed by atoms with Crippen molar-refractivity contribution >= 4 is 27.8 Å². The summed E-state index contributed by atoms with van der Waals surface area (Å²) < 4.78 is 6.42. The molecule has 7 heteroatoms. The quantitative estimate of drug-likeness (QED) is 0.276. The van der Waals surface area contributed by atoms with Crippen molar-refractivity contribution in [1.29, 1.82) is 0 Å². The molecule has 26 heavy (non-hydrogen) atoms. The molecule has 0 aliphatic rings. The molecule has 0 aliphatic carbocycles. The molecular weight excluding hydrogens is 396 g/mol. The number of carbonyl (C=O) groups is 1. The fraction of sp³-hybridized carbons (Fsp3) is 0.474. The zero-order chi connectivity index (χ0) is 19.5. The number of guanidine groups is 1. The van der Waals surface area contributed by atoms with E-state index in [-0.39, 0.29) is 12.5 Å². The Kier molecular flexibility index (Phi) is 9.80. The largest absolute Gasteiger partial charge is 0.496 e. The maximum atomic E-state index is 11.7. The number of nitrogens with one attached hydrogen (secondary N) is 2. The molecule has 1 amide bonds. The summed E-state index contributed by atoms with van der Waals surface area (Å²) in [5.41, 5.74) is 2.16. The fourth-order valence-corrected chi connectivity index (χ4v) is 2.45. The van der Waals surface area contributed by atoms with Crippen LogP contribution in [-0.2, 0) is 11.2 Å². The first-order valence-corrected chi connectivity index (χ1v) is 9.32. The lowest BCUT2D eigenvalue weighted by Crippen LogP contribution is -2.39. The first-order valence-electron chi connectivity index (χ1n) is 8.52. The molecule has 0 radical (unpaired) electrons. The van der Waals surface area contributed by atoms with Gasteiger partial charge in [-0.25, -0.2) is 4.99 Å². The second-order valence-corrected chi connectivity index (χ2v) is 7.17. The Balaban J connectivity index is 2.56. The normalized spacial score (nSPS) is 11.0. The van der Waals surface area contributed by atoms with Crippen LogP contribution in [0, 0.1) is 0 Å². The number of aliphatic imine (C=N–C) groups is 1. The van der Waals surface area contributed by atoms with Crippen LogP contribution in [0.1, 0.15) is 18.9 Å². The van der Waals surface area contributed by atoms with Gasteiger partial charge in [0, 0.05) is 31.7 Å². The molecule has 0 aromatic heterocycles. The zero-order valence-electron chi connectivity index (χ0n) is 16.1. The van der Waals surface area contributed by atoms with Gasteiger partial charge in [-0.15, -0.1) is 0 Å². The summed E-state index contributed by atoms with van der Waals surface area (Å²) in [6.45, 7) is 7.27. The number of aryl methyl sites for hydroxylation is 1. The molecule has 1 rings (SSSR count). The molecule has 144 valence electrons. The Morgan fingerprint density at radius 2 is 2.08 bits per heavy atom. The summed E-state index contributed by atoms with van der Waals surface area (Å²) in [7, 11) is 5.12. The minimum absolute atomic E-state index is 0.0407. The molecule has 2 N–H and O–H groups in total. The lowest BCUT2D eigenvalue weighted by atomic mass is 10.1. The molecule has 0 saturated carbocycles. The van der Waals surface area contributed by atoms with Crippen molar-refractivity contribution in [1.82, 2.24) is 15.5 Å². The van der Waals surface area contributed by atoms with E-state index in [0.717, 1.165) is 40.7 Å². The molecule has 0 heterocycles. The second-order valence-electron chi connectivity index (χ2n) is 6.25. The SMILES string of the molecule is C=C(C)CNC(=NCC(=O)N(C)C)NCCCc1ccc(Br)cc1OC. The van der Waals surface area contributed by atoms with Crippen LogP contribution < -0.4 is 15.4 Å². The van der Waals surface area contributed by atoms with Gasteiger partial charge in [-0.1, -0.05) is 34.1 Å². The number of hydrogen-bond acceptors (Lipinski definition) is 3. The Hall–Kier alpha value is -2.02.